The molecule has 1 heterocycles. The molecular weight excluding hydrogens is 360 g/mol. The zero-order valence-corrected chi connectivity index (χ0v) is 17.1. The van der Waals surface area contributed by atoms with Crippen molar-refractivity contribution < 1.29 is 9.53 Å². The van der Waals surface area contributed by atoms with Gasteiger partial charge in [-0.15, -0.1) is 16.8 Å². The molecule has 1 aromatic heterocycles. The molecule has 27 heavy (non-hydrogen) atoms. The summed E-state index contributed by atoms with van der Waals surface area (Å²) < 4.78 is 7.92. The molecule has 0 aliphatic heterocycles. The summed E-state index contributed by atoms with van der Waals surface area (Å²) in [6, 6.07) is 8.08. The lowest BCUT2D eigenvalue weighted by atomic mass is 10.2. The number of amides is 1. The van der Waals surface area contributed by atoms with Crippen LogP contribution in [0, 0.1) is 5.92 Å². The van der Waals surface area contributed by atoms with E-state index in [0.717, 1.165) is 29.7 Å². The molecule has 0 atom stereocenters. The number of carbonyl (C=O) groups excluding carboxylic acids is 1. The number of aromatic nitrogens is 3. The second kappa shape index (κ2) is 10.8. The third-order valence-corrected chi connectivity index (χ3v) is 4.78. The van der Waals surface area contributed by atoms with Crippen LogP contribution in [0.3, 0.4) is 0 Å². The summed E-state index contributed by atoms with van der Waals surface area (Å²) >= 11 is 1.38. The number of aryl methyl sites for hydroxylation is 1. The third-order valence-electron chi connectivity index (χ3n) is 3.82. The number of carbonyl (C=O) groups is 1. The Morgan fingerprint density at radius 2 is 2.07 bits per heavy atom. The summed E-state index contributed by atoms with van der Waals surface area (Å²) in [6.45, 7) is 11.6. The molecule has 0 fully saturated rings. The van der Waals surface area contributed by atoms with Gasteiger partial charge in [0.25, 0.3) is 0 Å². The Hall–Kier alpha value is -2.28. The Morgan fingerprint density at radius 3 is 2.70 bits per heavy atom. The number of benzene rings is 1. The van der Waals surface area contributed by atoms with Crippen molar-refractivity contribution >= 4 is 17.7 Å². The average Bonchev–Trinajstić information content (AvgIpc) is 3.04. The van der Waals surface area contributed by atoms with Crippen LogP contribution in [0.2, 0.25) is 0 Å². The summed E-state index contributed by atoms with van der Waals surface area (Å²) in [5.74, 6) is 2.25. The fourth-order valence-electron chi connectivity index (χ4n) is 2.42. The highest BCUT2D eigenvalue weighted by Gasteiger charge is 2.15. The van der Waals surface area contributed by atoms with Gasteiger partial charge in [0.15, 0.2) is 11.0 Å². The summed E-state index contributed by atoms with van der Waals surface area (Å²) in [4.78, 5) is 11.8. The van der Waals surface area contributed by atoms with Crippen LogP contribution >= 0.6 is 11.8 Å². The molecule has 2 aromatic rings. The van der Waals surface area contributed by atoms with Crippen LogP contribution in [0.1, 0.15) is 32.2 Å². The summed E-state index contributed by atoms with van der Waals surface area (Å²) in [5, 5.41) is 12.0. The van der Waals surface area contributed by atoms with E-state index in [1.54, 1.807) is 6.08 Å². The topological polar surface area (TPSA) is 69.0 Å². The standard InChI is InChI=1S/C20H28N4O2S/c1-5-11-21-19(25)14-27-20-23-22-18(24(20)12-15(3)4)13-26-17-9-7-16(6-2)8-10-17/h5,7-10,15H,1,6,11-14H2,2-4H3,(H,21,25). The minimum absolute atomic E-state index is 0.0483. The fourth-order valence-corrected chi connectivity index (χ4v) is 3.21. The molecule has 0 aliphatic carbocycles. The van der Waals surface area contributed by atoms with Gasteiger partial charge in [-0.25, -0.2) is 0 Å². The van der Waals surface area contributed by atoms with Gasteiger partial charge >= 0.3 is 0 Å². The highest BCUT2D eigenvalue weighted by atomic mass is 32.2. The Bertz CT molecular complexity index is 741. The van der Waals surface area contributed by atoms with Crippen LogP contribution in [-0.2, 0) is 24.4 Å². The maximum atomic E-state index is 11.8. The van der Waals surface area contributed by atoms with Gasteiger partial charge in [0, 0.05) is 13.1 Å². The first-order chi connectivity index (χ1) is 13.0. The molecule has 1 aromatic carbocycles. The SMILES string of the molecule is C=CCNC(=O)CSc1nnc(COc2ccc(CC)cc2)n1CC(C)C. The lowest BCUT2D eigenvalue weighted by Gasteiger charge is -2.13. The van der Waals surface area contributed by atoms with Crippen molar-refractivity contribution in [2.24, 2.45) is 5.92 Å². The first kappa shape index (κ1) is 21.0. The van der Waals surface area contributed by atoms with Crippen molar-refractivity contribution in [1.82, 2.24) is 20.1 Å². The van der Waals surface area contributed by atoms with Gasteiger partial charge in [-0.05, 0) is 30.0 Å². The van der Waals surface area contributed by atoms with Crippen LogP contribution in [0.4, 0.5) is 0 Å². The van der Waals surface area contributed by atoms with Crippen LogP contribution in [0.15, 0.2) is 42.1 Å². The van der Waals surface area contributed by atoms with E-state index < -0.39 is 0 Å². The van der Waals surface area contributed by atoms with Crippen molar-refractivity contribution in [2.45, 2.75) is 45.5 Å². The second-order valence-corrected chi connectivity index (χ2v) is 7.51. The third kappa shape index (κ3) is 6.75. The molecule has 7 heteroatoms. The molecule has 1 N–H and O–H groups in total. The Morgan fingerprint density at radius 1 is 1.33 bits per heavy atom. The van der Waals surface area contributed by atoms with Gasteiger partial charge in [-0.2, -0.15) is 0 Å². The van der Waals surface area contributed by atoms with E-state index in [0.29, 0.717) is 24.8 Å². The number of hydrogen-bond donors (Lipinski definition) is 1. The molecule has 6 nitrogen and oxygen atoms in total. The normalized spacial score (nSPS) is 10.8. The molecule has 0 bridgehead atoms. The predicted molar refractivity (Wildman–Crippen MR) is 109 cm³/mol. The van der Waals surface area contributed by atoms with Crippen LogP contribution in [-0.4, -0.2) is 33.0 Å². The zero-order chi connectivity index (χ0) is 19.6. The number of rotatable bonds is 11. The number of nitrogens with zero attached hydrogens (tertiary/aromatic N) is 3. The fraction of sp³-hybridized carbons (Fsp3) is 0.450. The van der Waals surface area contributed by atoms with Crippen molar-refractivity contribution in [3.05, 3.63) is 48.3 Å². The summed E-state index contributed by atoms with van der Waals surface area (Å²) in [5.41, 5.74) is 1.28. The lowest BCUT2D eigenvalue weighted by molar-refractivity contribution is -0.118. The lowest BCUT2D eigenvalue weighted by Crippen LogP contribution is -2.25. The monoisotopic (exact) mass is 388 g/mol. The zero-order valence-electron chi connectivity index (χ0n) is 16.3. The predicted octanol–water partition coefficient (Wildman–Crippen LogP) is 3.47. The molecule has 2 rings (SSSR count). The van der Waals surface area contributed by atoms with E-state index in [-0.39, 0.29) is 5.91 Å². The molecule has 0 spiro atoms. The Labute approximate surface area is 165 Å². The summed E-state index contributed by atoms with van der Waals surface area (Å²) in [6.07, 6.45) is 2.66. The minimum atomic E-state index is -0.0483. The summed E-state index contributed by atoms with van der Waals surface area (Å²) in [7, 11) is 0. The van der Waals surface area contributed by atoms with Crippen molar-refractivity contribution in [2.75, 3.05) is 12.3 Å². The van der Waals surface area contributed by atoms with Gasteiger partial charge in [-0.3, -0.25) is 4.79 Å². The molecule has 0 unspecified atom stereocenters. The van der Waals surface area contributed by atoms with Crippen LogP contribution < -0.4 is 10.1 Å². The van der Waals surface area contributed by atoms with Gasteiger partial charge in [0.1, 0.15) is 12.4 Å². The maximum Gasteiger partial charge on any atom is 0.230 e. The maximum absolute atomic E-state index is 11.8. The average molecular weight is 389 g/mol. The van der Waals surface area contributed by atoms with Gasteiger partial charge in [-0.1, -0.05) is 50.7 Å². The smallest absolute Gasteiger partial charge is 0.230 e. The van der Waals surface area contributed by atoms with Gasteiger partial charge < -0.3 is 14.6 Å². The van der Waals surface area contributed by atoms with Crippen molar-refractivity contribution in [3.63, 3.8) is 0 Å². The highest BCUT2D eigenvalue weighted by molar-refractivity contribution is 7.99. The minimum Gasteiger partial charge on any atom is -0.486 e. The molecule has 146 valence electrons. The van der Waals surface area contributed by atoms with Crippen LogP contribution in [0.5, 0.6) is 5.75 Å². The Balaban J connectivity index is 2.02. The highest BCUT2D eigenvalue weighted by Crippen LogP contribution is 2.20. The largest absolute Gasteiger partial charge is 0.486 e. The van der Waals surface area contributed by atoms with Gasteiger partial charge in [0.2, 0.25) is 5.91 Å². The molecular formula is C20H28N4O2S. The van der Waals surface area contributed by atoms with E-state index in [1.165, 1.54) is 17.3 Å². The molecule has 0 aliphatic rings. The second-order valence-electron chi connectivity index (χ2n) is 6.57. The van der Waals surface area contributed by atoms with Crippen LogP contribution in [0.25, 0.3) is 0 Å². The number of ether oxygens (including phenoxy) is 1. The van der Waals surface area contributed by atoms with E-state index in [2.05, 4.69) is 55.0 Å². The molecule has 0 saturated heterocycles. The van der Waals surface area contributed by atoms with Crippen molar-refractivity contribution in [3.8, 4) is 5.75 Å². The first-order valence-corrected chi connectivity index (χ1v) is 10.2. The van der Waals surface area contributed by atoms with E-state index >= 15 is 0 Å². The Kier molecular flexibility index (Phi) is 8.39. The molecule has 0 saturated carbocycles. The quantitative estimate of drug-likeness (QED) is 0.471. The molecule has 0 radical (unpaired) electrons. The first-order valence-electron chi connectivity index (χ1n) is 9.17. The van der Waals surface area contributed by atoms with E-state index in [9.17, 15) is 4.79 Å². The van der Waals surface area contributed by atoms with E-state index in [1.807, 2.05) is 16.7 Å². The van der Waals surface area contributed by atoms with E-state index in [4.69, 9.17) is 4.74 Å². The van der Waals surface area contributed by atoms with Crippen molar-refractivity contribution in [1.29, 1.82) is 0 Å². The number of thioether (sulfide) groups is 1. The number of hydrogen-bond acceptors (Lipinski definition) is 5. The molecule has 1 amide bonds. The number of nitrogens with one attached hydrogen (secondary N) is 1. The van der Waals surface area contributed by atoms with Gasteiger partial charge in [0.05, 0.1) is 5.75 Å².